The van der Waals surface area contributed by atoms with Crippen LogP contribution in [-0.4, -0.2) is 22.7 Å². The fourth-order valence-electron chi connectivity index (χ4n) is 3.22. The molecule has 0 aliphatic carbocycles. The second-order valence-corrected chi connectivity index (χ2v) is 8.53. The minimum atomic E-state index is -0.222. The predicted octanol–water partition coefficient (Wildman–Crippen LogP) is 4.99. The third-order valence-electron chi connectivity index (χ3n) is 4.90. The van der Waals surface area contributed by atoms with Gasteiger partial charge in [0.1, 0.15) is 5.75 Å². The summed E-state index contributed by atoms with van der Waals surface area (Å²) in [6, 6.07) is 17.6. The Bertz CT molecular complexity index is 960. The molecule has 0 radical (unpaired) electrons. The molecule has 0 bridgehead atoms. The quantitative estimate of drug-likeness (QED) is 0.526. The van der Waals surface area contributed by atoms with Crippen molar-refractivity contribution in [2.45, 2.75) is 58.4 Å². The van der Waals surface area contributed by atoms with Gasteiger partial charge in [-0.2, -0.15) is 4.98 Å². The first-order chi connectivity index (χ1) is 14.9. The van der Waals surface area contributed by atoms with Gasteiger partial charge in [0.25, 0.3) is 0 Å². The molecule has 0 aliphatic rings. The number of hydrogen-bond donors (Lipinski definition) is 1. The van der Waals surface area contributed by atoms with E-state index >= 15 is 0 Å². The molecular formula is C25H31N3O3. The Morgan fingerprint density at radius 2 is 1.74 bits per heavy atom. The van der Waals surface area contributed by atoms with E-state index in [0.717, 1.165) is 16.9 Å². The molecule has 0 saturated heterocycles. The molecule has 2 aromatic carbocycles. The van der Waals surface area contributed by atoms with Crippen molar-refractivity contribution in [1.82, 2.24) is 15.5 Å². The first-order valence-electron chi connectivity index (χ1n) is 10.8. The molecule has 0 saturated carbocycles. The van der Waals surface area contributed by atoms with Crippen LogP contribution in [0.1, 0.15) is 69.4 Å². The standard InChI is InChI=1S/C25H31N3O3/c1-5-30-20-16-14-19(15-17-20)23(18-10-7-6-8-11-18)26-21(29)12-9-13-22-27-24(28-31-22)25(2,3)4/h6-8,10-11,14-17,23H,5,9,12-13H2,1-4H3,(H,26,29). The van der Waals surface area contributed by atoms with Crippen LogP contribution in [0.4, 0.5) is 0 Å². The van der Waals surface area contributed by atoms with Gasteiger partial charge in [0.05, 0.1) is 12.6 Å². The van der Waals surface area contributed by atoms with E-state index in [9.17, 15) is 4.79 Å². The molecule has 3 rings (SSSR count). The van der Waals surface area contributed by atoms with E-state index in [0.29, 0.717) is 37.6 Å². The minimum absolute atomic E-state index is 0.0155. The maximum absolute atomic E-state index is 12.7. The van der Waals surface area contributed by atoms with E-state index in [4.69, 9.17) is 9.26 Å². The topological polar surface area (TPSA) is 77.2 Å². The van der Waals surface area contributed by atoms with Crippen molar-refractivity contribution in [1.29, 1.82) is 0 Å². The summed E-state index contributed by atoms with van der Waals surface area (Å²) in [5, 5.41) is 7.21. The number of nitrogens with zero attached hydrogens (tertiary/aromatic N) is 2. The zero-order chi connectivity index (χ0) is 22.3. The highest BCUT2D eigenvalue weighted by molar-refractivity contribution is 5.77. The van der Waals surface area contributed by atoms with Crippen molar-refractivity contribution in [3.63, 3.8) is 0 Å². The number of rotatable bonds is 9. The lowest BCUT2D eigenvalue weighted by molar-refractivity contribution is -0.121. The molecule has 31 heavy (non-hydrogen) atoms. The number of amides is 1. The third-order valence-corrected chi connectivity index (χ3v) is 4.90. The van der Waals surface area contributed by atoms with E-state index < -0.39 is 0 Å². The van der Waals surface area contributed by atoms with Gasteiger partial charge in [-0.15, -0.1) is 0 Å². The molecule has 0 spiro atoms. The van der Waals surface area contributed by atoms with Gasteiger partial charge < -0.3 is 14.6 Å². The van der Waals surface area contributed by atoms with Gasteiger partial charge in [0.15, 0.2) is 5.82 Å². The van der Waals surface area contributed by atoms with Crippen LogP contribution in [0, 0.1) is 0 Å². The number of ether oxygens (including phenoxy) is 1. The molecule has 1 aromatic heterocycles. The Morgan fingerprint density at radius 3 is 2.35 bits per heavy atom. The summed E-state index contributed by atoms with van der Waals surface area (Å²) in [5.41, 5.74) is 1.89. The summed E-state index contributed by atoms with van der Waals surface area (Å²) in [5.74, 6) is 2.06. The number of carbonyl (C=O) groups excluding carboxylic acids is 1. The Labute approximate surface area is 184 Å². The Balaban J connectivity index is 1.62. The first kappa shape index (κ1) is 22.5. The second-order valence-electron chi connectivity index (χ2n) is 8.53. The number of nitrogens with one attached hydrogen (secondary N) is 1. The van der Waals surface area contributed by atoms with Gasteiger partial charge in [-0.3, -0.25) is 4.79 Å². The minimum Gasteiger partial charge on any atom is -0.494 e. The van der Waals surface area contributed by atoms with E-state index in [-0.39, 0.29) is 17.4 Å². The summed E-state index contributed by atoms with van der Waals surface area (Å²) in [7, 11) is 0. The van der Waals surface area contributed by atoms with E-state index in [2.05, 4.69) is 15.5 Å². The van der Waals surface area contributed by atoms with E-state index in [1.165, 1.54) is 0 Å². The highest BCUT2D eigenvalue weighted by Crippen LogP contribution is 2.25. The molecule has 1 atom stereocenters. The SMILES string of the molecule is CCOc1ccc(C(NC(=O)CCCc2nc(C(C)(C)C)no2)c2ccccc2)cc1. The monoisotopic (exact) mass is 421 g/mol. The van der Waals surface area contributed by atoms with Gasteiger partial charge in [-0.05, 0) is 36.6 Å². The Hall–Kier alpha value is -3.15. The largest absolute Gasteiger partial charge is 0.494 e. The summed E-state index contributed by atoms with van der Waals surface area (Å²) < 4.78 is 10.9. The summed E-state index contributed by atoms with van der Waals surface area (Å²) >= 11 is 0. The molecule has 6 heteroatoms. The lowest BCUT2D eigenvalue weighted by Crippen LogP contribution is -2.29. The molecule has 164 valence electrons. The van der Waals surface area contributed by atoms with Gasteiger partial charge in [-0.25, -0.2) is 0 Å². The van der Waals surface area contributed by atoms with Crippen LogP contribution >= 0.6 is 0 Å². The van der Waals surface area contributed by atoms with E-state index in [1.807, 2.05) is 82.3 Å². The van der Waals surface area contributed by atoms with Crippen LogP contribution in [0.5, 0.6) is 5.75 Å². The van der Waals surface area contributed by atoms with Crippen molar-refractivity contribution in [2.24, 2.45) is 0 Å². The molecule has 6 nitrogen and oxygen atoms in total. The van der Waals surface area contributed by atoms with Crippen molar-refractivity contribution in [3.8, 4) is 5.75 Å². The lowest BCUT2D eigenvalue weighted by atomic mass is 9.96. The van der Waals surface area contributed by atoms with Crippen LogP contribution in [0.2, 0.25) is 0 Å². The Morgan fingerprint density at radius 1 is 1.06 bits per heavy atom. The van der Waals surface area contributed by atoms with E-state index in [1.54, 1.807) is 0 Å². The number of hydrogen-bond acceptors (Lipinski definition) is 5. The molecule has 1 unspecified atom stereocenters. The molecular weight excluding hydrogens is 390 g/mol. The average molecular weight is 422 g/mol. The normalized spacial score (nSPS) is 12.4. The molecule has 1 N–H and O–H groups in total. The van der Waals surface area contributed by atoms with Gasteiger partial charge in [0, 0.05) is 18.3 Å². The average Bonchev–Trinajstić information content (AvgIpc) is 3.23. The lowest BCUT2D eigenvalue weighted by Gasteiger charge is -2.20. The zero-order valence-electron chi connectivity index (χ0n) is 18.7. The van der Waals surface area contributed by atoms with Crippen LogP contribution in [0.15, 0.2) is 59.1 Å². The van der Waals surface area contributed by atoms with Crippen LogP contribution < -0.4 is 10.1 Å². The molecule has 0 fully saturated rings. The Kier molecular flexibility index (Phi) is 7.45. The summed E-state index contributed by atoms with van der Waals surface area (Å²) in [6.45, 7) is 8.70. The number of aromatic nitrogens is 2. The summed E-state index contributed by atoms with van der Waals surface area (Å²) in [6.07, 6.45) is 1.60. The highest BCUT2D eigenvalue weighted by atomic mass is 16.5. The summed E-state index contributed by atoms with van der Waals surface area (Å²) in [4.78, 5) is 17.2. The predicted molar refractivity (Wildman–Crippen MR) is 120 cm³/mol. The number of carbonyl (C=O) groups is 1. The maximum Gasteiger partial charge on any atom is 0.226 e. The fraction of sp³-hybridized carbons (Fsp3) is 0.400. The third kappa shape index (κ3) is 6.41. The van der Waals surface area contributed by atoms with Gasteiger partial charge in [-0.1, -0.05) is 68.4 Å². The molecule has 1 amide bonds. The smallest absolute Gasteiger partial charge is 0.226 e. The fourth-order valence-corrected chi connectivity index (χ4v) is 3.22. The second kappa shape index (κ2) is 10.2. The first-order valence-corrected chi connectivity index (χ1v) is 10.8. The number of aryl methyl sites for hydroxylation is 1. The number of benzene rings is 2. The van der Waals surface area contributed by atoms with Gasteiger partial charge >= 0.3 is 0 Å². The van der Waals surface area contributed by atoms with Crippen molar-refractivity contribution in [3.05, 3.63) is 77.4 Å². The maximum atomic E-state index is 12.7. The molecule has 0 aliphatic heterocycles. The van der Waals surface area contributed by atoms with Crippen molar-refractivity contribution >= 4 is 5.91 Å². The highest BCUT2D eigenvalue weighted by Gasteiger charge is 2.21. The zero-order valence-corrected chi connectivity index (χ0v) is 18.7. The van der Waals surface area contributed by atoms with Crippen LogP contribution in [0.25, 0.3) is 0 Å². The van der Waals surface area contributed by atoms with Crippen LogP contribution in [0.3, 0.4) is 0 Å². The molecule has 3 aromatic rings. The van der Waals surface area contributed by atoms with Gasteiger partial charge in [0.2, 0.25) is 11.8 Å². The van der Waals surface area contributed by atoms with Crippen molar-refractivity contribution < 1.29 is 14.1 Å². The van der Waals surface area contributed by atoms with Crippen LogP contribution in [-0.2, 0) is 16.6 Å². The van der Waals surface area contributed by atoms with Crippen molar-refractivity contribution in [2.75, 3.05) is 6.61 Å². The molecule has 1 heterocycles.